The molecule has 0 spiro atoms. The number of nitrogens with zero attached hydrogens (tertiary/aromatic N) is 5. The van der Waals surface area contributed by atoms with Crippen LogP contribution < -0.4 is 5.32 Å². The summed E-state index contributed by atoms with van der Waals surface area (Å²) in [5.41, 5.74) is 4.53. The highest BCUT2D eigenvalue weighted by Crippen LogP contribution is 2.37. The Bertz CT molecular complexity index is 1610. The van der Waals surface area contributed by atoms with Gasteiger partial charge in [-0.05, 0) is 56.4 Å². The minimum absolute atomic E-state index is 0.00310. The van der Waals surface area contributed by atoms with Crippen molar-refractivity contribution < 1.29 is 9.18 Å². The summed E-state index contributed by atoms with van der Waals surface area (Å²) in [6.07, 6.45) is 8.27. The molecule has 2 N–H and O–H groups in total. The summed E-state index contributed by atoms with van der Waals surface area (Å²) in [7, 11) is 0. The van der Waals surface area contributed by atoms with E-state index in [-0.39, 0.29) is 23.8 Å². The molecule has 0 bridgehead atoms. The topological polar surface area (TPSA) is 101 Å². The van der Waals surface area contributed by atoms with E-state index in [9.17, 15) is 9.18 Å². The van der Waals surface area contributed by atoms with Crippen LogP contribution in [-0.4, -0.2) is 41.7 Å². The average Bonchev–Trinajstić information content (AvgIpc) is 3.62. The van der Waals surface area contributed by atoms with Crippen molar-refractivity contribution in [2.45, 2.75) is 44.7 Å². The molecular formula is C26H23ClFN7OS. The van der Waals surface area contributed by atoms with Crippen LogP contribution in [0.15, 0.2) is 48.9 Å². The smallest absolute Gasteiger partial charge is 0.280 e. The molecule has 2 atom stereocenters. The zero-order valence-electron chi connectivity index (χ0n) is 19.9. The number of carbonyl (C=O) groups is 1. The van der Waals surface area contributed by atoms with E-state index < -0.39 is 0 Å². The van der Waals surface area contributed by atoms with E-state index in [1.807, 2.05) is 19.1 Å². The van der Waals surface area contributed by atoms with Gasteiger partial charge in [-0.2, -0.15) is 5.10 Å². The second-order valence-electron chi connectivity index (χ2n) is 9.23. The van der Waals surface area contributed by atoms with Gasteiger partial charge in [-0.3, -0.25) is 14.9 Å². The second-order valence-corrected chi connectivity index (χ2v) is 10.9. The van der Waals surface area contributed by atoms with E-state index in [1.165, 1.54) is 12.3 Å². The molecule has 37 heavy (non-hydrogen) atoms. The number of carbonyl (C=O) groups excluding carboxylic acids is 1. The highest BCUT2D eigenvalue weighted by molar-refractivity contribution is 7.17. The van der Waals surface area contributed by atoms with Gasteiger partial charge < -0.3 is 9.88 Å². The molecule has 188 valence electrons. The number of nitrogens with one attached hydrogen (secondary N) is 2. The number of imidazole rings is 1. The SMILES string of the molecule is Cc1cn[nH]c1-c1cc2c(cn1)nc(-c1ccccc1F)n2[C@@H]1CCC[C@H](NC(=O)c2ncc(Cl)s2)C1. The average molecular weight is 536 g/mol. The Morgan fingerprint density at radius 3 is 2.84 bits per heavy atom. The Hall–Kier alpha value is -3.63. The summed E-state index contributed by atoms with van der Waals surface area (Å²) in [4.78, 5) is 26.3. The Morgan fingerprint density at radius 1 is 1.22 bits per heavy atom. The molecule has 1 aromatic carbocycles. The number of aryl methyl sites for hydroxylation is 1. The van der Waals surface area contributed by atoms with Gasteiger partial charge in [0, 0.05) is 12.1 Å². The number of hydrogen-bond acceptors (Lipinski definition) is 6. The van der Waals surface area contributed by atoms with Crippen molar-refractivity contribution >= 4 is 39.9 Å². The number of aromatic nitrogens is 6. The predicted molar refractivity (Wildman–Crippen MR) is 141 cm³/mol. The van der Waals surface area contributed by atoms with Gasteiger partial charge in [-0.15, -0.1) is 0 Å². The maximum atomic E-state index is 15.0. The van der Waals surface area contributed by atoms with E-state index in [2.05, 4.69) is 30.0 Å². The Kier molecular flexibility index (Phi) is 6.21. The number of halogens is 2. The third-order valence-corrected chi connectivity index (χ3v) is 7.91. The van der Waals surface area contributed by atoms with Gasteiger partial charge in [0.1, 0.15) is 21.5 Å². The van der Waals surface area contributed by atoms with Gasteiger partial charge in [-0.1, -0.05) is 35.1 Å². The monoisotopic (exact) mass is 535 g/mol. The molecule has 1 aliphatic carbocycles. The van der Waals surface area contributed by atoms with Crippen molar-refractivity contribution in [1.82, 2.24) is 35.0 Å². The predicted octanol–water partition coefficient (Wildman–Crippen LogP) is 5.96. The molecular weight excluding hydrogens is 513 g/mol. The van der Waals surface area contributed by atoms with Crippen LogP contribution in [0.2, 0.25) is 4.34 Å². The summed E-state index contributed by atoms with van der Waals surface area (Å²) < 4.78 is 17.6. The summed E-state index contributed by atoms with van der Waals surface area (Å²) in [5.74, 6) is -0.0106. The molecule has 0 radical (unpaired) electrons. The van der Waals surface area contributed by atoms with Gasteiger partial charge in [0.15, 0.2) is 5.01 Å². The minimum atomic E-state index is -0.335. The van der Waals surface area contributed by atoms with E-state index in [4.69, 9.17) is 16.6 Å². The summed E-state index contributed by atoms with van der Waals surface area (Å²) >= 11 is 7.12. The van der Waals surface area contributed by atoms with Crippen molar-refractivity contribution in [1.29, 1.82) is 0 Å². The van der Waals surface area contributed by atoms with Crippen molar-refractivity contribution in [2.24, 2.45) is 0 Å². The van der Waals surface area contributed by atoms with Gasteiger partial charge in [0.05, 0.1) is 41.1 Å². The van der Waals surface area contributed by atoms with Gasteiger partial charge in [-0.25, -0.2) is 14.4 Å². The number of fused-ring (bicyclic) bond motifs is 1. The van der Waals surface area contributed by atoms with Gasteiger partial charge in [0.2, 0.25) is 0 Å². The Labute approximate surface area is 220 Å². The number of H-pyrrole nitrogens is 1. The van der Waals surface area contributed by atoms with Crippen LogP contribution in [-0.2, 0) is 0 Å². The zero-order chi connectivity index (χ0) is 25.5. The number of hydrogen-bond donors (Lipinski definition) is 2. The van der Waals surface area contributed by atoms with Crippen LogP contribution in [0, 0.1) is 12.7 Å². The van der Waals surface area contributed by atoms with Crippen molar-refractivity contribution in [3.05, 3.63) is 69.6 Å². The summed E-state index contributed by atoms with van der Waals surface area (Å²) in [6, 6.07) is 8.58. The van der Waals surface area contributed by atoms with E-state index in [1.54, 1.807) is 24.5 Å². The van der Waals surface area contributed by atoms with E-state index >= 15 is 0 Å². The van der Waals surface area contributed by atoms with Crippen LogP contribution in [0.1, 0.15) is 47.1 Å². The van der Waals surface area contributed by atoms with Crippen LogP contribution in [0.25, 0.3) is 33.8 Å². The fourth-order valence-corrected chi connectivity index (χ4v) is 5.89. The largest absolute Gasteiger partial charge is 0.347 e. The first-order chi connectivity index (χ1) is 18.0. The fraction of sp³-hybridized carbons (Fsp3) is 0.269. The molecule has 4 heterocycles. The maximum Gasteiger partial charge on any atom is 0.280 e. The maximum absolute atomic E-state index is 15.0. The van der Waals surface area contributed by atoms with Crippen LogP contribution in [0.4, 0.5) is 4.39 Å². The number of rotatable bonds is 5. The molecule has 5 aromatic rings. The summed E-state index contributed by atoms with van der Waals surface area (Å²) in [6.45, 7) is 1.97. The minimum Gasteiger partial charge on any atom is -0.347 e. The first-order valence-corrected chi connectivity index (χ1v) is 13.2. The standard InChI is InChI=1S/C26H23ClFN7OS/c1-14-11-31-34-23(14)19-10-21-20(12-29-19)33-24(17-7-2-3-8-18(17)28)35(21)16-6-4-5-15(9-16)32-25(36)26-30-13-22(27)37-26/h2-3,7-8,10-13,15-16H,4-6,9H2,1H3,(H,31,34)(H,32,36)/t15-,16+/m0/s1. The van der Waals surface area contributed by atoms with Crippen molar-refractivity contribution in [3.8, 4) is 22.8 Å². The van der Waals surface area contributed by atoms with E-state index in [0.29, 0.717) is 32.7 Å². The van der Waals surface area contributed by atoms with E-state index in [0.717, 1.165) is 53.1 Å². The number of amides is 1. The number of aromatic amines is 1. The third-order valence-electron chi connectivity index (χ3n) is 6.79. The normalized spacial score (nSPS) is 17.8. The molecule has 0 saturated heterocycles. The van der Waals surface area contributed by atoms with Crippen LogP contribution in [0.5, 0.6) is 0 Å². The number of pyridine rings is 1. The quantitative estimate of drug-likeness (QED) is 0.289. The fourth-order valence-electron chi connectivity index (χ4n) is 5.08. The zero-order valence-corrected chi connectivity index (χ0v) is 21.5. The van der Waals surface area contributed by atoms with Crippen LogP contribution >= 0.6 is 22.9 Å². The molecule has 1 aliphatic rings. The molecule has 8 nitrogen and oxygen atoms in total. The van der Waals surface area contributed by atoms with Gasteiger partial charge >= 0.3 is 0 Å². The van der Waals surface area contributed by atoms with Crippen molar-refractivity contribution in [2.75, 3.05) is 0 Å². The Balaban J connectivity index is 1.41. The van der Waals surface area contributed by atoms with Gasteiger partial charge in [0.25, 0.3) is 5.91 Å². The molecule has 4 aromatic heterocycles. The first-order valence-electron chi connectivity index (χ1n) is 12.0. The molecule has 1 saturated carbocycles. The Morgan fingerprint density at radius 2 is 2.08 bits per heavy atom. The molecule has 0 aliphatic heterocycles. The molecule has 1 amide bonds. The first kappa shape index (κ1) is 23.7. The highest BCUT2D eigenvalue weighted by Gasteiger charge is 2.29. The third kappa shape index (κ3) is 4.51. The lowest BCUT2D eigenvalue weighted by Gasteiger charge is -2.32. The summed E-state index contributed by atoms with van der Waals surface area (Å²) in [5, 5.41) is 10.6. The number of benzene rings is 1. The molecule has 11 heteroatoms. The molecule has 1 fully saturated rings. The lowest BCUT2D eigenvalue weighted by molar-refractivity contribution is 0.0920. The van der Waals surface area contributed by atoms with Crippen molar-refractivity contribution in [3.63, 3.8) is 0 Å². The highest BCUT2D eigenvalue weighted by atomic mass is 35.5. The number of thiazole rings is 1. The lowest BCUT2D eigenvalue weighted by Crippen LogP contribution is -2.39. The lowest BCUT2D eigenvalue weighted by atomic mass is 9.90. The molecule has 6 rings (SSSR count). The second kappa shape index (κ2) is 9.68. The molecule has 0 unspecified atom stereocenters. The van der Waals surface area contributed by atoms with Crippen LogP contribution in [0.3, 0.4) is 0 Å².